The predicted molar refractivity (Wildman–Crippen MR) is 172 cm³/mol. The van der Waals surface area contributed by atoms with E-state index in [0.29, 0.717) is 33.5 Å². The van der Waals surface area contributed by atoms with Gasteiger partial charge >= 0.3 is 0 Å². The van der Waals surface area contributed by atoms with Gasteiger partial charge in [0.15, 0.2) is 11.6 Å². The average molecular weight is 555 g/mol. The van der Waals surface area contributed by atoms with Crippen LogP contribution in [0.5, 0.6) is 0 Å². The topological polar surface area (TPSA) is 52.0 Å². The third kappa shape index (κ3) is 4.85. The molecule has 1 heterocycles. The Hall–Kier alpha value is -5.87. The van der Waals surface area contributed by atoms with E-state index in [1.807, 2.05) is 144 Å². The van der Waals surface area contributed by atoms with Crippen molar-refractivity contribution in [2.75, 3.05) is 0 Å². The molecule has 0 amide bonds. The Bertz CT molecular complexity index is 1990. The number of rotatable bonds is 7. The van der Waals surface area contributed by atoms with E-state index in [1.54, 1.807) is 0 Å². The summed E-state index contributed by atoms with van der Waals surface area (Å²) < 4.78 is 1.86. The van der Waals surface area contributed by atoms with Crippen LogP contribution in [0.25, 0.3) is 38.8 Å². The van der Waals surface area contributed by atoms with Crippen molar-refractivity contribution in [2.45, 2.75) is 0 Å². The third-order valence-electron chi connectivity index (χ3n) is 7.69. The molecule has 0 N–H and O–H groups in total. The summed E-state index contributed by atoms with van der Waals surface area (Å²) >= 11 is 0. The molecule has 0 aliphatic rings. The van der Waals surface area contributed by atoms with Crippen LogP contribution in [0.2, 0.25) is 0 Å². The molecule has 0 fully saturated rings. The fourth-order valence-electron chi connectivity index (χ4n) is 5.60. The number of carbonyl (C=O) groups is 2. The fraction of sp³-hybridized carbons (Fsp3) is 0. The number of hydrogen-bond acceptors (Lipinski definition) is 3. The zero-order valence-corrected chi connectivity index (χ0v) is 23.2. The van der Waals surface area contributed by atoms with Crippen LogP contribution in [-0.2, 0) is 0 Å². The molecule has 0 saturated carbocycles. The molecule has 1 aromatic heterocycles. The lowest BCUT2D eigenvalue weighted by atomic mass is 9.90. The third-order valence-corrected chi connectivity index (χ3v) is 7.69. The van der Waals surface area contributed by atoms with E-state index >= 15 is 0 Å². The molecule has 0 atom stereocenters. The first-order valence-corrected chi connectivity index (χ1v) is 14.1. The first-order valence-electron chi connectivity index (χ1n) is 14.1. The van der Waals surface area contributed by atoms with Gasteiger partial charge in [-0.3, -0.25) is 9.59 Å². The summed E-state index contributed by atoms with van der Waals surface area (Å²) in [5.41, 5.74) is 6.07. The molecular weight excluding hydrogens is 528 g/mol. The molecule has 7 aromatic rings. The maximum absolute atomic E-state index is 13.8. The molecule has 204 valence electrons. The van der Waals surface area contributed by atoms with Crippen LogP contribution >= 0.6 is 0 Å². The minimum absolute atomic E-state index is 0.0753. The molecule has 7 rings (SSSR count). The summed E-state index contributed by atoms with van der Waals surface area (Å²) in [5.74, 6) is -0.163. The Balaban J connectivity index is 1.48. The van der Waals surface area contributed by atoms with E-state index in [0.717, 1.165) is 27.6 Å². The molecule has 4 heteroatoms. The van der Waals surface area contributed by atoms with E-state index in [2.05, 4.69) is 18.2 Å². The van der Waals surface area contributed by atoms with Gasteiger partial charge in [0.25, 0.3) is 0 Å². The van der Waals surface area contributed by atoms with E-state index in [4.69, 9.17) is 5.10 Å². The number of benzene rings is 6. The van der Waals surface area contributed by atoms with Crippen LogP contribution in [0.3, 0.4) is 0 Å². The normalized spacial score (nSPS) is 11.0. The van der Waals surface area contributed by atoms with Gasteiger partial charge in [0.05, 0.1) is 5.69 Å². The first kappa shape index (κ1) is 26.1. The largest absolute Gasteiger partial charge is 0.289 e. The molecule has 0 spiro atoms. The number of aromatic nitrogens is 2. The second-order valence-corrected chi connectivity index (χ2v) is 10.3. The van der Waals surface area contributed by atoms with Crippen LogP contribution in [0, 0.1) is 0 Å². The maximum Gasteiger partial charge on any atom is 0.193 e. The minimum Gasteiger partial charge on any atom is -0.289 e. The highest BCUT2D eigenvalue weighted by Crippen LogP contribution is 2.37. The number of carbonyl (C=O) groups excluding carboxylic acids is 2. The Morgan fingerprint density at radius 1 is 0.465 bits per heavy atom. The van der Waals surface area contributed by atoms with Gasteiger partial charge in [-0.15, -0.1) is 0 Å². The highest BCUT2D eigenvalue weighted by molar-refractivity contribution is 6.15. The lowest BCUT2D eigenvalue weighted by Gasteiger charge is -2.12. The highest BCUT2D eigenvalue weighted by Gasteiger charge is 2.24. The maximum atomic E-state index is 13.8. The number of fused-ring (bicyclic) bond motifs is 1. The van der Waals surface area contributed by atoms with Crippen LogP contribution in [0.15, 0.2) is 158 Å². The van der Waals surface area contributed by atoms with Gasteiger partial charge in [-0.25, -0.2) is 4.68 Å². The Kier molecular flexibility index (Phi) is 6.78. The Morgan fingerprint density at radius 3 is 1.65 bits per heavy atom. The monoisotopic (exact) mass is 554 g/mol. The molecule has 4 nitrogen and oxygen atoms in total. The van der Waals surface area contributed by atoms with E-state index in [-0.39, 0.29) is 11.6 Å². The Morgan fingerprint density at radius 2 is 0.977 bits per heavy atom. The fourth-order valence-corrected chi connectivity index (χ4v) is 5.60. The molecule has 43 heavy (non-hydrogen) atoms. The van der Waals surface area contributed by atoms with Gasteiger partial charge in [0.1, 0.15) is 5.69 Å². The molecule has 0 bridgehead atoms. The zero-order chi connectivity index (χ0) is 29.2. The predicted octanol–water partition coefficient (Wildman–Crippen LogP) is 8.82. The van der Waals surface area contributed by atoms with E-state index in [9.17, 15) is 9.59 Å². The summed E-state index contributed by atoms with van der Waals surface area (Å²) in [6.07, 6.45) is 1.97. The highest BCUT2D eigenvalue weighted by atomic mass is 16.1. The zero-order valence-electron chi connectivity index (χ0n) is 23.2. The van der Waals surface area contributed by atoms with Crippen molar-refractivity contribution in [1.82, 2.24) is 9.78 Å². The smallest absolute Gasteiger partial charge is 0.193 e. The number of ketones is 2. The van der Waals surface area contributed by atoms with Crippen molar-refractivity contribution in [3.8, 4) is 28.1 Å². The van der Waals surface area contributed by atoms with Gasteiger partial charge in [-0.1, -0.05) is 146 Å². The summed E-state index contributed by atoms with van der Waals surface area (Å²) in [6, 6.07) is 48.0. The van der Waals surface area contributed by atoms with Gasteiger partial charge in [-0.2, -0.15) is 5.10 Å². The molecule has 0 unspecified atom stereocenters. The molecule has 0 radical (unpaired) electrons. The first-order chi connectivity index (χ1) is 21.2. The van der Waals surface area contributed by atoms with Crippen LogP contribution in [-0.4, -0.2) is 21.3 Å². The van der Waals surface area contributed by atoms with Crippen LogP contribution in [0.4, 0.5) is 0 Å². The average Bonchev–Trinajstić information content (AvgIpc) is 3.53. The SMILES string of the molecule is O=C(c1ccccc1)c1ccccc1-c1cn(-c2cccc3ccccc23)nc1-c1ccccc1C(=O)c1ccccc1. The van der Waals surface area contributed by atoms with Crippen molar-refractivity contribution < 1.29 is 9.59 Å². The van der Waals surface area contributed by atoms with Gasteiger partial charge in [0.2, 0.25) is 0 Å². The van der Waals surface area contributed by atoms with Crippen molar-refractivity contribution in [3.05, 3.63) is 180 Å². The molecule has 0 aliphatic carbocycles. The summed E-state index contributed by atoms with van der Waals surface area (Å²) in [7, 11) is 0. The Labute approximate surface area is 249 Å². The minimum atomic E-state index is -0.0875. The van der Waals surface area contributed by atoms with E-state index in [1.165, 1.54) is 0 Å². The molecule has 0 saturated heterocycles. The van der Waals surface area contributed by atoms with Crippen molar-refractivity contribution >= 4 is 22.3 Å². The second-order valence-electron chi connectivity index (χ2n) is 10.3. The lowest BCUT2D eigenvalue weighted by molar-refractivity contribution is 0.103. The lowest BCUT2D eigenvalue weighted by Crippen LogP contribution is -2.05. The van der Waals surface area contributed by atoms with E-state index < -0.39 is 0 Å². The number of hydrogen-bond donors (Lipinski definition) is 0. The van der Waals surface area contributed by atoms with Gasteiger partial charge in [-0.05, 0) is 17.0 Å². The standard InChI is InChI=1S/C39H26N2O2/c42-38(28-15-3-1-4-16-28)33-23-11-9-21-31(33)35-26-41(36-25-13-19-27-14-7-8-20-30(27)36)40-37(35)32-22-10-12-24-34(32)39(43)29-17-5-2-6-18-29/h1-26H. The molecule has 0 aliphatic heterocycles. The van der Waals surface area contributed by atoms with Gasteiger partial charge < -0.3 is 0 Å². The second kappa shape index (κ2) is 11.2. The summed E-state index contributed by atoms with van der Waals surface area (Å²) in [6.45, 7) is 0. The summed E-state index contributed by atoms with van der Waals surface area (Å²) in [4.78, 5) is 27.6. The van der Waals surface area contributed by atoms with Gasteiger partial charge in [0, 0.05) is 45.0 Å². The quantitative estimate of drug-likeness (QED) is 0.185. The molecular formula is C39H26N2O2. The number of nitrogens with zero attached hydrogens (tertiary/aromatic N) is 2. The van der Waals surface area contributed by atoms with Crippen molar-refractivity contribution in [1.29, 1.82) is 0 Å². The van der Waals surface area contributed by atoms with Crippen molar-refractivity contribution in [3.63, 3.8) is 0 Å². The van der Waals surface area contributed by atoms with Crippen LogP contribution in [0.1, 0.15) is 31.8 Å². The summed E-state index contributed by atoms with van der Waals surface area (Å²) in [5, 5.41) is 7.28. The van der Waals surface area contributed by atoms with Crippen molar-refractivity contribution in [2.24, 2.45) is 0 Å². The van der Waals surface area contributed by atoms with Crippen LogP contribution < -0.4 is 0 Å². The molecule has 6 aromatic carbocycles.